The summed E-state index contributed by atoms with van der Waals surface area (Å²) in [5, 5.41) is 16.6. The molecule has 0 bridgehead atoms. The maximum absolute atomic E-state index is 12.9. The zero-order chi connectivity index (χ0) is 25.8. The fourth-order valence-corrected chi connectivity index (χ4v) is 4.74. The summed E-state index contributed by atoms with van der Waals surface area (Å²) >= 11 is 1.37. The number of nitro benzene ring substituents is 1. The summed E-state index contributed by atoms with van der Waals surface area (Å²) in [6, 6.07) is 7.67. The SMILES string of the molecule is CO/N=C(/C(=O)NC1C(=O)N2C(C(=O)OCc3ccc([N+](=O)[O-])cc3)=CCSC12)c1cc(N)ccn1. The summed E-state index contributed by atoms with van der Waals surface area (Å²) in [5.74, 6) is -1.48. The Balaban J connectivity index is 1.39. The number of fused-ring (bicyclic) bond motifs is 1. The number of nitrogens with one attached hydrogen (secondary N) is 1. The van der Waals surface area contributed by atoms with Crippen LogP contribution in [0.4, 0.5) is 11.4 Å². The van der Waals surface area contributed by atoms with Crippen LogP contribution in [0.3, 0.4) is 0 Å². The highest BCUT2D eigenvalue weighted by Gasteiger charge is 2.53. The summed E-state index contributed by atoms with van der Waals surface area (Å²) in [6.07, 6.45) is 2.99. The number of nitro groups is 1. The number of benzene rings is 1. The summed E-state index contributed by atoms with van der Waals surface area (Å²) < 4.78 is 5.30. The van der Waals surface area contributed by atoms with Gasteiger partial charge in [-0.25, -0.2) is 4.79 Å². The standard InChI is InChI=1S/C22H20N6O7S/c1-34-26-17(15-10-13(23)6-8-24-15)19(29)25-18-20(30)27-16(7-9-36-21(18)27)22(31)35-11-12-2-4-14(5-3-12)28(32)33/h2-8,10,18,21H,9,11H2,1H3,(H2,23,24)(H,25,29)/b26-17+. The number of hydrogen-bond acceptors (Lipinski definition) is 11. The third-order valence-corrected chi connectivity index (χ3v) is 6.47. The summed E-state index contributed by atoms with van der Waals surface area (Å²) in [7, 11) is 1.27. The number of nitrogens with zero attached hydrogens (tertiary/aromatic N) is 4. The average molecular weight is 513 g/mol. The minimum absolute atomic E-state index is 0.0689. The first-order chi connectivity index (χ1) is 17.3. The Morgan fingerprint density at radius 3 is 2.75 bits per heavy atom. The van der Waals surface area contributed by atoms with Gasteiger partial charge in [0.2, 0.25) is 0 Å². The number of aromatic nitrogens is 1. The number of nitrogen functional groups attached to an aromatic ring is 1. The maximum atomic E-state index is 12.9. The van der Waals surface area contributed by atoms with Crippen LogP contribution >= 0.6 is 11.8 Å². The number of carbonyl (C=O) groups is 3. The van der Waals surface area contributed by atoms with Crippen molar-refractivity contribution in [2.45, 2.75) is 18.0 Å². The summed E-state index contributed by atoms with van der Waals surface area (Å²) in [4.78, 5) is 58.8. The Bertz CT molecular complexity index is 1280. The van der Waals surface area contributed by atoms with E-state index in [1.165, 1.54) is 60.3 Å². The minimum Gasteiger partial charge on any atom is -0.456 e. The molecule has 0 spiro atoms. The van der Waals surface area contributed by atoms with E-state index in [0.29, 0.717) is 17.0 Å². The van der Waals surface area contributed by atoms with E-state index in [1.807, 2.05) is 0 Å². The van der Waals surface area contributed by atoms with Crippen LogP contribution in [-0.2, 0) is 30.6 Å². The number of hydrogen-bond donors (Lipinski definition) is 2. The number of β-lactam (4-membered cyclic amide) rings is 1. The predicted molar refractivity (Wildman–Crippen MR) is 128 cm³/mol. The van der Waals surface area contributed by atoms with E-state index < -0.39 is 34.1 Å². The largest absolute Gasteiger partial charge is 0.456 e. The van der Waals surface area contributed by atoms with Gasteiger partial charge in [-0.3, -0.25) is 29.6 Å². The molecule has 0 saturated carbocycles. The van der Waals surface area contributed by atoms with Crippen LogP contribution in [0.15, 0.2) is 59.5 Å². The number of carbonyl (C=O) groups excluding carboxylic acids is 3. The highest BCUT2D eigenvalue weighted by Crippen LogP contribution is 2.38. The second-order valence-corrected chi connectivity index (χ2v) is 8.72. The minimum atomic E-state index is -0.906. The van der Waals surface area contributed by atoms with Gasteiger partial charge in [0, 0.05) is 29.8 Å². The second-order valence-electron chi connectivity index (χ2n) is 7.57. The van der Waals surface area contributed by atoms with Gasteiger partial charge >= 0.3 is 5.97 Å². The van der Waals surface area contributed by atoms with Crippen molar-refractivity contribution in [3.8, 4) is 0 Å². The average Bonchev–Trinajstić information content (AvgIpc) is 2.88. The molecular formula is C22H20N6O7S. The highest BCUT2D eigenvalue weighted by atomic mass is 32.2. The van der Waals surface area contributed by atoms with Gasteiger partial charge in [0.25, 0.3) is 17.5 Å². The number of amides is 2. The monoisotopic (exact) mass is 512 g/mol. The number of pyridine rings is 1. The molecule has 1 aromatic carbocycles. The number of non-ortho nitro benzene ring substituents is 1. The van der Waals surface area contributed by atoms with Crippen molar-refractivity contribution >= 4 is 46.6 Å². The van der Waals surface area contributed by atoms with Gasteiger partial charge in [0.15, 0.2) is 5.71 Å². The highest BCUT2D eigenvalue weighted by molar-refractivity contribution is 8.00. The molecule has 2 unspecified atom stereocenters. The third-order valence-electron chi connectivity index (χ3n) is 5.28. The molecule has 3 heterocycles. The Labute approximate surface area is 208 Å². The van der Waals surface area contributed by atoms with Crippen molar-refractivity contribution in [1.82, 2.24) is 15.2 Å². The quantitative estimate of drug-likeness (QED) is 0.170. The molecule has 36 heavy (non-hydrogen) atoms. The van der Waals surface area contributed by atoms with Gasteiger partial charge in [0.05, 0.1) is 10.6 Å². The van der Waals surface area contributed by atoms with Crippen molar-refractivity contribution in [3.63, 3.8) is 0 Å². The van der Waals surface area contributed by atoms with Crippen molar-refractivity contribution < 1.29 is 28.9 Å². The van der Waals surface area contributed by atoms with E-state index in [0.717, 1.165) is 0 Å². The molecule has 2 aromatic rings. The Hall–Kier alpha value is -4.46. The second kappa shape index (κ2) is 10.4. The molecule has 2 aliphatic rings. The van der Waals surface area contributed by atoms with Gasteiger partial charge in [-0.05, 0) is 35.9 Å². The van der Waals surface area contributed by atoms with E-state index in [1.54, 1.807) is 12.1 Å². The normalized spacial score (nSPS) is 18.9. The third kappa shape index (κ3) is 4.98. The zero-order valence-corrected chi connectivity index (χ0v) is 19.6. The molecule has 2 amide bonds. The van der Waals surface area contributed by atoms with Gasteiger partial charge in [0.1, 0.15) is 30.8 Å². The van der Waals surface area contributed by atoms with Gasteiger partial charge in [-0.15, -0.1) is 11.8 Å². The lowest BCUT2D eigenvalue weighted by Gasteiger charge is -2.48. The van der Waals surface area contributed by atoms with Crippen LogP contribution in [-0.4, -0.2) is 62.6 Å². The number of nitrogens with two attached hydrogens (primary N) is 1. The Morgan fingerprint density at radius 1 is 1.33 bits per heavy atom. The Morgan fingerprint density at radius 2 is 2.08 bits per heavy atom. The van der Waals surface area contributed by atoms with Crippen LogP contribution < -0.4 is 11.1 Å². The van der Waals surface area contributed by atoms with Crippen LogP contribution in [0.2, 0.25) is 0 Å². The lowest BCUT2D eigenvalue weighted by Crippen LogP contribution is -2.70. The molecule has 13 nitrogen and oxygen atoms in total. The topological polar surface area (TPSA) is 179 Å². The number of oxime groups is 1. The molecule has 186 valence electrons. The van der Waals surface area contributed by atoms with Gasteiger partial charge < -0.3 is 20.6 Å². The molecule has 1 saturated heterocycles. The first kappa shape index (κ1) is 24.7. The molecule has 0 aliphatic carbocycles. The number of esters is 1. The van der Waals surface area contributed by atoms with E-state index in [9.17, 15) is 24.5 Å². The van der Waals surface area contributed by atoms with E-state index in [-0.39, 0.29) is 29.4 Å². The lowest BCUT2D eigenvalue weighted by atomic mass is 10.0. The molecule has 0 radical (unpaired) electrons. The van der Waals surface area contributed by atoms with Gasteiger partial charge in [-0.1, -0.05) is 5.16 Å². The van der Waals surface area contributed by atoms with Crippen molar-refractivity contribution in [2.24, 2.45) is 5.16 Å². The summed E-state index contributed by atoms with van der Waals surface area (Å²) in [6.45, 7) is -0.127. The number of rotatable bonds is 8. The molecule has 4 rings (SSSR count). The smallest absolute Gasteiger partial charge is 0.355 e. The number of ether oxygens (including phenoxy) is 1. The molecule has 2 atom stereocenters. The van der Waals surface area contributed by atoms with E-state index in [2.05, 4.69) is 15.5 Å². The van der Waals surface area contributed by atoms with Crippen LogP contribution in [0.25, 0.3) is 0 Å². The van der Waals surface area contributed by atoms with Crippen molar-refractivity contribution in [2.75, 3.05) is 18.6 Å². The molecule has 1 fully saturated rings. The van der Waals surface area contributed by atoms with Crippen molar-refractivity contribution in [3.05, 3.63) is 75.7 Å². The molecule has 1 aromatic heterocycles. The number of anilines is 1. The fraction of sp³-hybridized carbons (Fsp3) is 0.227. The van der Waals surface area contributed by atoms with E-state index >= 15 is 0 Å². The zero-order valence-electron chi connectivity index (χ0n) is 18.8. The lowest BCUT2D eigenvalue weighted by molar-refractivity contribution is -0.384. The number of thioether (sulfide) groups is 1. The van der Waals surface area contributed by atoms with Gasteiger partial charge in [-0.2, -0.15) is 0 Å². The molecular weight excluding hydrogens is 492 g/mol. The molecule has 2 aliphatic heterocycles. The molecule has 3 N–H and O–H groups in total. The van der Waals surface area contributed by atoms with Crippen LogP contribution in [0.5, 0.6) is 0 Å². The Kier molecular flexibility index (Phi) is 7.15. The van der Waals surface area contributed by atoms with Crippen LogP contribution in [0, 0.1) is 10.1 Å². The fourth-order valence-electron chi connectivity index (χ4n) is 3.55. The first-order valence-corrected chi connectivity index (χ1v) is 11.5. The van der Waals surface area contributed by atoms with E-state index in [4.69, 9.17) is 15.3 Å². The predicted octanol–water partition coefficient (Wildman–Crippen LogP) is 0.950. The first-order valence-electron chi connectivity index (χ1n) is 10.5. The maximum Gasteiger partial charge on any atom is 0.355 e. The molecule has 14 heteroatoms. The van der Waals surface area contributed by atoms with Crippen LogP contribution in [0.1, 0.15) is 11.3 Å². The van der Waals surface area contributed by atoms with Crippen molar-refractivity contribution in [1.29, 1.82) is 0 Å². The summed E-state index contributed by atoms with van der Waals surface area (Å²) in [5.41, 5.74) is 6.68.